The van der Waals surface area contributed by atoms with Gasteiger partial charge in [-0.3, -0.25) is 0 Å². The van der Waals surface area contributed by atoms with Gasteiger partial charge in [-0.25, -0.2) is 4.39 Å². The summed E-state index contributed by atoms with van der Waals surface area (Å²) in [7, 11) is 0. The SMILES string of the molecule is CC[C@@H](O)c1cc(Br)ccc1F. The molecule has 0 fully saturated rings. The van der Waals surface area contributed by atoms with E-state index in [0.29, 0.717) is 12.0 Å². The topological polar surface area (TPSA) is 20.2 Å². The highest BCUT2D eigenvalue weighted by molar-refractivity contribution is 9.10. The molecule has 0 aliphatic heterocycles. The zero-order valence-corrected chi connectivity index (χ0v) is 8.31. The van der Waals surface area contributed by atoms with Crippen molar-refractivity contribution in [3.05, 3.63) is 34.1 Å². The molecule has 1 aromatic rings. The second-order valence-electron chi connectivity index (χ2n) is 2.59. The van der Waals surface area contributed by atoms with Gasteiger partial charge in [0.25, 0.3) is 0 Å². The first-order valence-corrected chi connectivity index (χ1v) is 4.57. The van der Waals surface area contributed by atoms with Crippen LogP contribution < -0.4 is 0 Å². The highest BCUT2D eigenvalue weighted by atomic mass is 79.9. The molecular formula is C9H10BrFO. The average Bonchev–Trinajstić information content (AvgIpc) is 2.08. The van der Waals surface area contributed by atoms with Gasteiger partial charge in [-0.15, -0.1) is 0 Å². The lowest BCUT2D eigenvalue weighted by Crippen LogP contribution is -1.98. The summed E-state index contributed by atoms with van der Waals surface area (Å²) in [5, 5.41) is 9.37. The van der Waals surface area contributed by atoms with Crippen molar-refractivity contribution in [1.29, 1.82) is 0 Å². The number of aliphatic hydroxyl groups is 1. The van der Waals surface area contributed by atoms with Gasteiger partial charge in [0, 0.05) is 10.0 Å². The lowest BCUT2D eigenvalue weighted by Gasteiger charge is -2.09. The third-order valence-electron chi connectivity index (χ3n) is 1.70. The molecule has 0 heterocycles. The Morgan fingerprint density at radius 3 is 2.83 bits per heavy atom. The van der Waals surface area contributed by atoms with Crippen LogP contribution in [0.25, 0.3) is 0 Å². The molecule has 0 spiro atoms. The molecule has 0 amide bonds. The highest BCUT2D eigenvalue weighted by Gasteiger charge is 2.10. The Hall–Kier alpha value is -0.410. The van der Waals surface area contributed by atoms with Gasteiger partial charge in [0.15, 0.2) is 0 Å². The third kappa shape index (κ3) is 2.05. The van der Waals surface area contributed by atoms with Crippen LogP contribution in [-0.4, -0.2) is 5.11 Å². The summed E-state index contributed by atoms with van der Waals surface area (Å²) >= 11 is 3.22. The van der Waals surface area contributed by atoms with Crippen LogP contribution in [0.2, 0.25) is 0 Å². The summed E-state index contributed by atoms with van der Waals surface area (Å²) in [6.45, 7) is 1.81. The van der Waals surface area contributed by atoms with Gasteiger partial charge < -0.3 is 5.11 Å². The fourth-order valence-electron chi connectivity index (χ4n) is 0.990. The van der Waals surface area contributed by atoms with Crippen LogP contribution in [0.3, 0.4) is 0 Å². The molecular weight excluding hydrogens is 223 g/mol. The van der Waals surface area contributed by atoms with Crippen LogP contribution in [0, 0.1) is 5.82 Å². The van der Waals surface area contributed by atoms with Crippen molar-refractivity contribution in [1.82, 2.24) is 0 Å². The second kappa shape index (κ2) is 4.01. The van der Waals surface area contributed by atoms with Crippen LogP contribution in [0.4, 0.5) is 4.39 Å². The van der Waals surface area contributed by atoms with Crippen molar-refractivity contribution in [2.75, 3.05) is 0 Å². The minimum absolute atomic E-state index is 0.354. The van der Waals surface area contributed by atoms with Gasteiger partial charge in [-0.1, -0.05) is 22.9 Å². The van der Waals surface area contributed by atoms with Crippen LogP contribution in [0.5, 0.6) is 0 Å². The van der Waals surface area contributed by atoms with Gasteiger partial charge in [0.05, 0.1) is 6.10 Å². The van der Waals surface area contributed by atoms with Gasteiger partial charge in [0.1, 0.15) is 5.82 Å². The van der Waals surface area contributed by atoms with E-state index in [9.17, 15) is 9.50 Å². The fraction of sp³-hybridized carbons (Fsp3) is 0.333. The van der Waals surface area contributed by atoms with E-state index in [1.165, 1.54) is 6.07 Å². The number of benzene rings is 1. The first-order chi connectivity index (χ1) is 5.65. The van der Waals surface area contributed by atoms with E-state index < -0.39 is 6.10 Å². The van der Waals surface area contributed by atoms with E-state index in [-0.39, 0.29) is 5.82 Å². The molecule has 0 aliphatic rings. The van der Waals surface area contributed by atoms with E-state index in [1.54, 1.807) is 12.1 Å². The van der Waals surface area contributed by atoms with Crippen molar-refractivity contribution in [2.45, 2.75) is 19.4 Å². The van der Waals surface area contributed by atoms with Crippen LogP contribution in [0.1, 0.15) is 25.0 Å². The molecule has 66 valence electrons. The zero-order chi connectivity index (χ0) is 9.14. The molecule has 0 radical (unpaired) electrons. The quantitative estimate of drug-likeness (QED) is 0.832. The smallest absolute Gasteiger partial charge is 0.129 e. The van der Waals surface area contributed by atoms with Crippen LogP contribution >= 0.6 is 15.9 Å². The van der Waals surface area contributed by atoms with Gasteiger partial charge >= 0.3 is 0 Å². The van der Waals surface area contributed by atoms with Crippen molar-refractivity contribution in [3.8, 4) is 0 Å². The number of aliphatic hydroxyl groups excluding tert-OH is 1. The number of rotatable bonds is 2. The molecule has 3 heteroatoms. The maximum absolute atomic E-state index is 13.0. The molecule has 12 heavy (non-hydrogen) atoms. The van der Waals surface area contributed by atoms with Crippen molar-refractivity contribution < 1.29 is 9.50 Å². The molecule has 1 nitrogen and oxygen atoms in total. The maximum atomic E-state index is 13.0. The lowest BCUT2D eigenvalue weighted by molar-refractivity contribution is 0.169. The summed E-state index contributed by atoms with van der Waals surface area (Å²) < 4.78 is 13.8. The predicted molar refractivity (Wildman–Crippen MR) is 49.4 cm³/mol. The Labute approximate surface area is 79.4 Å². The molecule has 0 saturated carbocycles. The Morgan fingerprint density at radius 1 is 1.58 bits per heavy atom. The van der Waals surface area contributed by atoms with E-state index in [0.717, 1.165) is 4.47 Å². The summed E-state index contributed by atoms with van der Waals surface area (Å²) in [5.74, 6) is -0.354. The molecule has 0 aromatic heterocycles. The Morgan fingerprint density at radius 2 is 2.25 bits per heavy atom. The summed E-state index contributed by atoms with van der Waals surface area (Å²) in [6.07, 6.45) is -0.185. The maximum Gasteiger partial charge on any atom is 0.129 e. The molecule has 1 N–H and O–H groups in total. The van der Waals surface area contributed by atoms with Crippen molar-refractivity contribution >= 4 is 15.9 Å². The number of hydrogen-bond donors (Lipinski definition) is 1. The molecule has 1 rings (SSSR count). The average molecular weight is 233 g/mol. The van der Waals surface area contributed by atoms with Gasteiger partial charge in [-0.05, 0) is 24.6 Å². The van der Waals surface area contributed by atoms with Gasteiger partial charge in [-0.2, -0.15) is 0 Å². The first kappa shape index (κ1) is 9.68. The van der Waals surface area contributed by atoms with Gasteiger partial charge in [0.2, 0.25) is 0 Å². The van der Waals surface area contributed by atoms with E-state index in [4.69, 9.17) is 0 Å². The Kier molecular flexibility index (Phi) is 3.23. The molecule has 0 bridgehead atoms. The molecule has 1 aromatic carbocycles. The predicted octanol–water partition coefficient (Wildman–Crippen LogP) is 3.03. The minimum Gasteiger partial charge on any atom is -0.388 e. The zero-order valence-electron chi connectivity index (χ0n) is 6.72. The van der Waals surface area contributed by atoms with Crippen molar-refractivity contribution in [2.24, 2.45) is 0 Å². The molecule has 0 aliphatic carbocycles. The van der Waals surface area contributed by atoms with Crippen LogP contribution in [0.15, 0.2) is 22.7 Å². The lowest BCUT2D eigenvalue weighted by atomic mass is 10.1. The monoisotopic (exact) mass is 232 g/mol. The normalized spacial score (nSPS) is 13.0. The molecule has 0 saturated heterocycles. The molecule has 1 atom stereocenters. The molecule has 0 unspecified atom stereocenters. The van der Waals surface area contributed by atoms with E-state index >= 15 is 0 Å². The first-order valence-electron chi connectivity index (χ1n) is 3.78. The number of halogens is 2. The van der Waals surface area contributed by atoms with Crippen molar-refractivity contribution in [3.63, 3.8) is 0 Å². The summed E-state index contributed by atoms with van der Waals surface area (Å²) in [6, 6.07) is 4.56. The Balaban J connectivity index is 3.04. The summed E-state index contributed by atoms with van der Waals surface area (Å²) in [4.78, 5) is 0. The van der Waals surface area contributed by atoms with E-state index in [1.807, 2.05) is 6.92 Å². The largest absolute Gasteiger partial charge is 0.388 e. The fourth-order valence-corrected chi connectivity index (χ4v) is 1.37. The third-order valence-corrected chi connectivity index (χ3v) is 2.20. The standard InChI is InChI=1S/C9H10BrFO/c1-2-9(12)7-5-6(10)3-4-8(7)11/h3-5,9,12H,2H2,1H3/t9-/m1/s1. The highest BCUT2D eigenvalue weighted by Crippen LogP contribution is 2.23. The summed E-state index contributed by atoms with van der Waals surface area (Å²) in [5.41, 5.74) is 0.354. The Bertz CT molecular complexity index is 275. The number of hydrogen-bond acceptors (Lipinski definition) is 1. The van der Waals surface area contributed by atoms with E-state index in [2.05, 4.69) is 15.9 Å². The van der Waals surface area contributed by atoms with Crippen LogP contribution in [-0.2, 0) is 0 Å². The second-order valence-corrected chi connectivity index (χ2v) is 3.51. The minimum atomic E-state index is -0.706.